The average molecular weight is 594 g/mol. The molecule has 0 spiro atoms. The van der Waals surface area contributed by atoms with E-state index in [1.54, 1.807) is 7.05 Å². The Hall–Kier alpha value is -3.62. The summed E-state index contributed by atoms with van der Waals surface area (Å²) in [5.41, 5.74) is 1.86. The van der Waals surface area contributed by atoms with Gasteiger partial charge in [0.15, 0.2) is 11.6 Å². The van der Waals surface area contributed by atoms with Crippen molar-refractivity contribution in [3.8, 4) is 5.69 Å². The second-order valence-corrected chi connectivity index (χ2v) is 12.8. The zero-order chi connectivity index (χ0) is 29.7. The van der Waals surface area contributed by atoms with Crippen LogP contribution in [0.25, 0.3) is 5.69 Å². The van der Waals surface area contributed by atoms with E-state index in [-0.39, 0.29) is 29.0 Å². The maximum atomic E-state index is 14.9. The first kappa shape index (κ1) is 28.2. The molecule has 2 unspecified atom stereocenters. The Kier molecular flexibility index (Phi) is 7.30. The van der Waals surface area contributed by atoms with Gasteiger partial charge in [-0.05, 0) is 74.7 Å². The molecule has 7 rings (SSSR count). The van der Waals surface area contributed by atoms with Crippen molar-refractivity contribution in [1.29, 1.82) is 0 Å². The molecule has 1 aromatic carbocycles. The van der Waals surface area contributed by atoms with Crippen LogP contribution in [0.4, 0.5) is 27.5 Å². The number of nitrogens with one attached hydrogen (secondary N) is 2. The van der Waals surface area contributed by atoms with Gasteiger partial charge in [0, 0.05) is 56.5 Å². The monoisotopic (exact) mass is 593 g/mol. The fraction of sp³-hybridized carbons (Fsp3) is 0.621. The molecule has 0 saturated carbocycles. The summed E-state index contributed by atoms with van der Waals surface area (Å²) in [4.78, 5) is 29.0. The Morgan fingerprint density at radius 3 is 2.58 bits per heavy atom. The minimum Gasteiger partial charge on any atom is -0.378 e. The van der Waals surface area contributed by atoms with Gasteiger partial charge in [0.05, 0.1) is 36.8 Å². The number of aromatic nitrogens is 6. The van der Waals surface area contributed by atoms with Crippen molar-refractivity contribution in [2.24, 2.45) is 7.05 Å². The van der Waals surface area contributed by atoms with E-state index in [4.69, 9.17) is 4.74 Å². The molecule has 14 heteroatoms. The Morgan fingerprint density at radius 1 is 1.05 bits per heavy atom. The van der Waals surface area contributed by atoms with Crippen molar-refractivity contribution >= 4 is 23.1 Å². The van der Waals surface area contributed by atoms with Crippen LogP contribution in [0.1, 0.15) is 39.5 Å². The zero-order valence-corrected chi connectivity index (χ0v) is 25.0. The van der Waals surface area contributed by atoms with Crippen molar-refractivity contribution in [3.63, 3.8) is 0 Å². The summed E-state index contributed by atoms with van der Waals surface area (Å²) >= 11 is 0. The minimum absolute atomic E-state index is 0.0521. The Morgan fingerprint density at radius 2 is 1.86 bits per heavy atom. The second-order valence-electron chi connectivity index (χ2n) is 12.8. The van der Waals surface area contributed by atoms with Crippen LogP contribution in [0, 0.1) is 5.82 Å². The number of aryl methyl sites for hydroxylation is 1. The molecule has 2 atom stereocenters. The number of rotatable bonds is 7. The molecule has 0 bridgehead atoms. The number of benzene rings is 1. The largest absolute Gasteiger partial charge is 0.378 e. The van der Waals surface area contributed by atoms with Crippen molar-refractivity contribution in [1.82, 2.24) is 39.6 Å². The predicted octanol–water partition coefficient (Wildman–Crippen LogP) is 1.98. The van der Waals surface area contributed by atoms with E-state index in [0.29, 0.717) is 23.5 Å². The van der Waals surface area contributed by atoms with Crippen LogP contribution in [-0.2, 0) is 11.8 Å². The highest BCUT2D eigenvalue weighted by Crippen LogP contribution is 2.38. The molecule has 3 aromatic rings. The van der Waals surface area contributed by atoms with Gasteiger partial charge in [-0.25, -0.2) is 14.2 Å². The first-order valence-corrected chi connectivity index (χ1v) is 15.3. The maximum Gasteiger partial charge on any atom is 0.368 e. The molecule has 6 heterocycles. The molecule has 0 aliphatic carbocycles. The third-order valence-corrected chi connectivity index (χ3v) is 9.52. The third-order valence-electron chi connectivity index (χ3n) is 9.52. The summed E-state index contributed by atoms with van der Waals surface area (Å²) in [6, 6.07) is 6.87. The number of nitrogens with zero attached hydrogens (tertiary/aromatic N) is 9. The molecular weight excluding hydrogens is 553 g/mol. The second kappa shape index (κ2) is 11.1. The summed E-state index contributed by atoms with van der Waals surface area (Å²) in [7, 11) is 1.58. The average Bonchev–Trinajstić information content (AvgIpc) is 3.57. The lowest BCUT2D eigenvalue weighted by molar-refractivity contribution is -0.0660. The van der Waals surface area contributed by atoms with Gasteiger partial charge in [0.25, 0.3) is 0 Å². The quantitative estimate of drug-likeness (QED) is 0.418. The van der Waals surface area contributed by atoms with E-state index in [1.165, 1.54) is 28.4 Å². The molecule has 4 aliphatic heterocycles. The van der Waals surface area contributed by atoms with Gasteiger partial charge < -0.3 is 20.3 Å². The fourth-order valence-corrected chi connectivity index (χ4v) is 7.24. The number of hydrogen-bond donors (Lipinski definition) is 2. The molecule has 2 aromatic heterocycles. The van der Waals surface area contributed by atoms with Crippen LogP contribution in [0.3, 0.4) is 0 Å². The number of tetrazole rings is 1. The van der Waals surface area contributed by atoms with E-state index < -0.39 is 5.82 Å². The van der Waals surface area contributed by atoms with Crippen LogP contribution < -0.4 is 21.2 Å². The van der Waals surface area contributed by atoms with Gasteiger partial charge in [0.1, 0.15) is 0 Å². The SMILES string of the molecule is Cn1nnn(-c2cc(Nc3ncc(F)c(NC4CC5CCCN5C(C)(C)C4)n3)ccc2N2CCN(C3COC3)CC2)c1=O. The lowest BCUT2D eigenvalue weighted by atomic mass is 9.84. The van der Waals surface area contributed by atoms with E-state index in [0.717, 1.165) is 64.5 Å². The van der Waals surface area contributed by atoms with E-state index in [9.17, 15) is 9.18 Å². The normalized spacial score (nSPS) is 24.5. The van der Waals surface area contributed by atoms with Gasteiger partial charge in [0.2, 0.25) is 5.95 Å². The molecule has 4 aliphatic rings. The van der Waals surface area contributed by atoms with Crippen molar-refractivity contribution in [2.45, 2.75) is 63.2 Å². The van der Waals surface area contributed by atoms with E-state index in [1.807, 2.05) is 18.2 Å². The molecular formula is C29H40FN11O2. The molecule has 0 amide bonds. The predicted molar refractivity (Wildman–Crippen MR) is 161 cm³/mol. The maximum absolute atomic E-state index is 14.9. The molecule has 0 radical (unpaired) electrons. The van der Waals surface area contributed by atoms with Gasteiger partial charge in [-0.3, -0.25) is 9.80 Å². The standard InChI is InChI=1S/C29H40FN11O2/c1-29(2)15-20(13-21-5-4-8-40(21)29)32-26-23(30)16-31-27(34-26)33-19-6-7-24(25(14-19)41-28(42)37(3)35-36-41)39-11-9-38(10-12-39)22-17-43-18-22/h6-7,14,16,20-22H,4-5,8-13,15,17-18H2,1-3H3,(H2,31,32,33,34). The highest BCUT2D eigenvalue weighted by Gasteiger charge is 2.43. The Balaban J connectivity index is 1.12. The number of anilines is 4. The van der Waals surface area contributed by atoms with Gasteiger partial charge in [-0.15, -0.1) is 0 Å². The molecule has 2 N–H and O–H groups in total. The summed E-state index contributed by atoms with van der Waals surface area (Å²) in [5, 5.41) is 14.7. The molecule has 4 fully saturated rings. The zero-order valence-electron chi connectivity index (χ0n) is 25.0. The number of fused-ring (bicyclic) bond motifs is 1. The van der Waals surface area contributed by atoms with Crippen LogP contribution in [-0.4, -0.2) is 109 Å². The summed E-state index contributed by atoms with van der Waals surface area (Å²) in [5.74, 6) is -0.0172. The van der Waals surface area contributed by atoms with E-state index >= 15 is 0 Å². The smallest absolute Gasteiger partial charge is 0.368 e. The first-order valence-electron chi connectivity index (χ1n) is 15.3. The minimum atomic E-state index is -0.480. The van der Waals surface area contributed by atoms with Crippen LogP contribution in [0.15, 0.2) is 29.2 Å². The number of piperazine rings is 1. The number of piperidine rings is 1. The number of halogens is 1. The van der Waals surface area contributed by atoms with Crippen molar-refractivity contribution < 1.29 is 9.13 Å². The molecule has 43 heavy (non-hydrogen) atoms. The molecule has 230 valence electrons. The number of ether oxygens (including phenoxy) is 1. The van der Waals surface area contributed by atoms with Crippen LogP contribution in [0.2, 0.25) is 0 Å². The summed E-state index contributed by atoms with van der Waals surface area (Å²) in [6.45, 7) is 10.7. The lowest BCUT2D eigenvalue weighted by Crippen LogP contribution is -2.56. The van der Waals surface area contributed by atoms with Gasteiger partial charge >= 0.3 is 5.69 Å². The Labute approximate surface area is 250 Å². The first-order chi connectivity index (χ1) is 20.7. The summed E-state index contributed by atoms with van der Waals surface area (Å²) < 4.78 is 22.8. The van der Waals surface area contributed by atoms with Crippen molar-refractivity contribution in [3.05, 3.63) is 40.7 Å². The lowest BCUT2D eigenvalue weighted by Gasteiger charge is -2.47. The topological polar surface area (TPSA) is 122 Å². The van der Waals surface area contributed by atoms with Crippen molar-refractivity contribution in [2.75, 3.05) is 61.5 Å². The highest BCUT2D eigenvalue weighted by atomic mass is 19.1. The Bertz CT molecular complexity index is 1530. The van der Waals surface area contributed by atoms with Gasteiger partial charge in [-0.1, -0.05) is 0 Å². The van der Waals surface area contributed by atoms with Gasteiger partial charge in [-0.2, -0.15) is 14.3 Å². The van der Waals surface area contributed by atoms with Crippen LogP contribution >= 0.6 is 0 Å². The fourth-order valence-electron chi connectivity index (χ4n) is 7.24. The third kappa shape index (κ3) is 5.47. The molecule has 4 saturated heterocycles. The van der Waals surface area contributed by atoms with Crippen LogP contribution in [0.5, 0.6) is 0 Å². The highest BCUT2D eigenvalue weighted by molar-refractivity contribution is 5.70. The number of hydrogen-bond acceptors (Lipinski definition) is 11. The molecule has 13 nitrogen and oxygen atoms in total. The van der Waals surface area contributed by atoms with E-state index in [2.05, 4.69) is 59.6 Å². The summed E-state index contributed by atoms with van der Waals surface area (Å²) in [6.07, 6.45) is 5.47.